The first-order valence-electron chi connectivity index (χ1n) is 10.1. The van der Waals surface area contributed by atoms with Crippen molar-refractivity contribution in [2.24, 2.45) is 0 Å². The number of hydrogen-bond donors (Lipinski definition) is 1. The van der Waals surface area contributed by atoms with Crippen LogP contribution in [0.2, 0.25) is 0 Å². The quantitative estimate of drug-likeness (QED) is 0.537. The van der Waals surface area contributed by atoms with E-state index < -0.39 is 26.8 Å². The van der Waals surface area contributed by atoms with Crippen molar-refractivity contribution in [3.05, 3.63) is 59.7 Å². The lowest BCUT2D eigenvalue weighted by atomic mass is 10.1. The number of halogens is 3. The van der Waals surface area contributed by atoms with Crippen LogP contribution in [0.3, 0.4) is 0 Å². The Morgan fingerprint density at radius 3 is 2.34 bits per heavy atom. The van der Waals surface area contributed by atoms with Crippen molar-refractivity contribution < 1.29 is 30.6 Å². The van der Waals surface area contributed by atoms with Gasteiger partial charge in [-0.1, -0.05) is 25.1 Å². The molecule has 0 bridgehead atoms. The second-order valence-electron chi connectivity index (χ2n) is 7.70. The summed E-state index contributed by atoms with van der Waals surface area (Å²) in [5, 5.41) is 2.84. The van der Waals surface area contributed by atoms with Crippen molar-refractivity contribution in [1.29, 1.82) is 0 Å². The van der Waals surface area contributed by atoms with Gasteiger partial charge in [0.15, 0.2) is 0 Å². The number of carbonyl (C=O) groups excluding carboxylic acids is 1. The molecule has 0 unspecified atom stereocenters. The molecule has 2 amide bonds. The maximum absolute atomic E-state index is 12.9. The van der Waals surface area contributed by atoms with E-state index in [1.165, 1.54) is 12.1 Å². The van der Waals surface area contributed by atoms with Crippen LogP contribution < -0.4 is 9.50 Å². The zero-order chi connectivity index (χ0) is 24.1. The van der Waals surface area contributed by atoms with E-state index in [2.05, 4.69) is 5.32 Å². The Bertz CT molecular complexity index is 1040. The van der Waals surface area contributed by atoms with Gasteiger partial charge in [0.25, 0.3) is 0 Å². The predicted octanol–water partition coefficient (Wildman–Crippen LogP) is 5.19. The second-order valence-corrected chi connectivity index (χ2v) is 9.25. The third kappa shape index (κ3) is 6.88. The summed E-state index contributed by atoms with van der Waals surface area (Å²) >= 11 is 0. The second kappa shape index (κ2) is 10.2. The molecule has 2 aromatic carbocycles. The van der Waals surface area contributed by atoms with Crippen molar-refractivity contribution >= 4 is 16.1 Å². The monoisotopic (exact) mass is 472 g/mol. The summed E-state index contributed by atoms with van der Waals surface area (Å²) < 4.78 is 68.9. The molecule has 0 heterocycles. The normalized spacial score (nSPS) is 13.0. The standard InChI is InChI=1S/C22H27F3N2O4S/c1-5-16(4)27(21(28)26-15(2)3)14-17-8-6-10-19(12-17)31-32(29,30)20-11-7-9-18(13-20)22(23,24)25/h6-13,15-16H,5,14H2,1-4H3,(H,26,28)/t16-/m1/s1. The van der Waals surface area contributed by atoms with E-state index in [-0.39, 0.29) is 30.4 Å². The molecule has 2 aromatic rings. The minimum Gasteiger partial charge on any atom is -0.379 e. The lowest BCUT2D eigenvalue weighted by Gasteiger charge is -2.30. The van der Waals surface area contributed by atoms with Crippen molar-refractivity contribution in [1.82, 2.24) is 10.2 Å². The number of rotatable bonds is 8. The summed E-state index contributed by atoms with van der Waals surface area (Å²) in [7, 11) is -4.49. The zero-order valence-electron chi connectivity index (χ0n) is 18.3. The van der Waals surface area contributed by atoms with Crippen LogP contribution in [0.25, 0.3) is 0 Å². The Balaban J connectivity index is 2.26. The molecule has 0 aliphatic heterocycles. The van der Waals surface area contributed by atoms with Gasteiger partial charge in [-0.25, -0.2) is 4.79 Å². The highest BCUT2D eigenvalue weighted by atomic mass is 32.2. The Morgan fingerprint density at radius 1 is 1.09 bits per heavy atom. The van der Waals surface area contributed by atoms with Crippen LogP contribution in [-0.2, 0) is 22.8 Å². The number of alkyl halides is 3. The SMILES string of the molecule is CC[C@@H](C)N(Cc1cccc(OS(=O)(=O)c2cccc(C(F)(F)F)c2)c1)C(=O)NC(C)C. The van der Waals surface area contributed by atoms with E-state index in [1.54, 1.807) is 17.0 Å². The summed E-state index contributed by atoms with van der Waals surface area (Å²) in [6.45, 7) is 7.74. The molecule has 0 radical (unpaired) electrons. The molecule has 0 saturated carbocycles. The molecule has 32 heavy (non-hydrogen) atoms. The summed E-state index contributed by atoms with van der Waals surface area (Å²) in [5.41, 5.74) is -0.475. The summed E-state index contributed by atoms with van der Waals surface area (Å²) in [4.78, 5) is 13.6. The van der Waals surface area contributed by atoms with Gasteiger partial charge in [0.1, 0.15) is 10.6 Å². The van der Waals surface area contributed by atoms with Crippen LogP contribution in [-0.4, -0.2) is 31.4 Å². The van der Waals surface area contributed by atoms with E-state index in [0.717, 1.165) is 18.2 Å². The molecule has 1 N–H and O–H groups in total. The first-order valence-corrected chi connectivity index (χ1v) is 11.5. The first-order chi connectivity index (χ1) is 14.8. The van der Waals surface area contributed by atoms with E-state index in [4.69, 9.17) is 4.18 Å². The number of carbonyl (C=O) groups is 1. The third-order valence-electron chi connectivity index (χ3n) is 4.70. The van der Waals surface area contributed by atoms with Gasteiger partial charge in [-0.15, -0.1) is 0 Å². The molecule has 0 spiro atoms. The Hall–Kier alpha value is -2.75. The lowest BCUT2D eigenvalue weighted by molar-refractivity contribution is -0.137. The third-order valence-corrected chi connectivity index (χ3v) is 5.95. The molecular formula is C22H27F3N2O4S. The summed E-state index contributed by atoms with van der Waals surface area (Å²) in [6.07, 6.45) is -3.97. The van der Waals surface area contributed by atoms with E-state index >= 15 is 0 Å². The van der Waals surface area contributed by atoms with Gasteiger partial charge in [-0.3, -0.25) is 0 Å². The summed E-state index contributed by atoms with van der Waals surface area (Å²) in [5.74, 6) is -0.0618. The van der Waals surface area contributed by atoms with Crippen molar-refractivity contribution in [2.75, 3.05) is 0 Å². The van der Waals surface area contributed by atoms with Crippen LogP contribution in [0.15, 0.2) is 53.4 Å². The molecule has 0 aliphatic rings. The van der Waals surface area contributed by atoms with Crippen LogP contribution >= 0.6 is 0 Å². The van der Waals surface area contributed by atoms with Crippen LogP contribution in [0, 0.1) is 0 Å². The highest BCUT2D eigenvalue weighted by molar-refractivity contribution is 7.87. The molecular weight excluding hydrogens is 445 g/mol. The predicted molar refractivity (Wildman–Crippen MR) is 115 cm³/mol. The summed E-state index contributed by atoms with van der Waals surface area (Å²) in [6, 6.07) is 9.07. The van der Waals surface area contributed by atoms with Gasteiger partial charge in [-0.2, -0.15) is 21.6 Å². The molecule has 2 rings (SSSR count). The average Bonchev–Trinajstić information content (AvgIpc) is 2.70. The average molecular weight is 473 g/mol. The van der Waals surface area contributed by atoms with E-state index in [0.29, 0.717) is 18.1 Å². The molecule has 0 fully saturated rings. The number of hydrogen-bond acceptors (Lipinski definition) is 4. The molecule has 0 aromatic heterocycles. The van der Waals surface area contributed by atoms with Gasteiger partial charge < -0.3 is 14.4 Å². The smallest absolute Gasteiger partial charge is 0.379 e. The molecule has 10 heteroatoms. The minimum absolute atomic E-state index is 0.0543. The fourth-order valence-corrected chi connectivity index (χ4v) is 3.84. The van der Waals surface area contributed by atoms with E-state index in [1.807, 2.05) is 27.7 Å². The van der Waals surface area contributed by atoms with Gasteiger partial charge in [0.2, 0.25) is 0 Å². The van der Waals surface area contributed by atoms with Crippen LogP contribution in [0.5, 0.6) is 5.75 Å². The largest absolute Gasteiger partial charge is 0.416 e. The van der Waals surface area contributed by atoms with Crippen molar-refractivity contribution in [3.63, 3.8) is 0 Å². The number of nitrogens with one attached hydrogen (secondary N) is 1. The highest BCUT2D eigenvalue weighted by Crippen LogP contribution is 2.31. The minimum atomic E-state index is -4.68. The molecule has 0 aliphatic carbocycles. The Morgan fingerprint density at radius 2 is 1.75 bits per heavy atom. The molecule has 1 atom stereocenters. The molecule has 0 saturated heterocycles. The molecule has 6 nitrogen and oxygen atoms in total. The number of amides is 2. The van der Waals surface area contributed by atoms with Crippen LogP contribution in [0.4, 0.5) is 18.0 Å². The highest BCUT2D eigenvalue weighted by Gasteiger charge is 2.32. The zero-order valence-corrected chi connectivity index (χ0v) is 19.1. The van der Waals surface area contributed by atoms with Crippen LogP contribution in [0.1, 0.15) is 45.2 Å². The lowest BCUT2D eigenvalue weighted by Crippen LogP contribution is -2.46. The Kier molecular flexibility index (Phi) is 8.17. The van der Waals surface area contributed by atoms with Crippen molar-refractivity contribution in [3.8, 4) is 5.75 Å². The number of nitrogens with zero attached hydrogens (tertiary/aromatic N) is 1. The van der Waals surface area contributed by atoms with Gasteiger partial charge >= 0.3 is 22.3 Å². The first kappa shape index (κ1) is 25.5. The molecule has 176 valence electrons. The Labute approximate surface area is 186 Å². The van der Waals surface area contributed by atoms with Gasteiger partial charge in [0, 0.05) is 18.6 Å². The van der Waals surface area contributed by atoms with E-state index in [9.17, 15) is 26.4 Å². The topological polar surface area (TPSA) is 75.7 Å². The van der Waals surface area contributed by atoms with Gasteiger partial charge in [0.05, 0.1) is 5.56 Å². The fraction of sp³-hybridized carbons (Fsp3) is 0.409. The van der Waals surface area contributed by atoms with Gasteiger partial charge in [-0.05, 0) is 63.1 Å². The number of urea groups is 1. The fourth-order valence-electron chi connectivity index (χ4n) is 2.87. The maximum atomic E-state index is 12.9. The van der Waals surface area contributed by atoms with Crippen molar-refractivity contribution in [2.45, 2.75) is 63.8 Å². The number of benzene rings is 2. The maximum Gasteiger partial charge on any atom is 0.416 e.